The van der Waals surface area contributed by atoms with E-state index in [2.05, 4.69) is 15.9 Å². The fourth-order valence-corrected chi connectivity index (χ4v) is 4.50. The summed E-state index contributed by atoms with van der Waals surface area (Å²) in [6.07, 6.45) is 0.989. The van der Waals surface area contributed by atoms with Crippen molar-refractivity contribution in [2.75, 3.05) is 18.6 Å². The Kier molecular flexibility index (Phi) is 4.46. The van der Waals surface area contributed by atoms with Crippen LogP contribution < -0.4 is 9.64 Å². The minimum Gasteiger partial charge on any atom is -0.497 e. The van der Waals surface area contributed by atoms with Crippen molar-refractivity contribution in [1.82, 2.24) is 0 Å². The Bertz CT molecular complexity index is 911. The maximum Gasteiger partial charge on any atom is 0.308 e. The highest BCUT2D eigenvalue weighted by Gasteiger charge is 2.63. The molecule has 2 aliphatic rings. The molecular weight excluding hydrogens is 410 g/mol. The first kappa shape index (κ1) is 18.0. The number of halogens is 1. The monoisotopic (exact) mass is 429 g/mol. The van der Waals surface area contributed by atoms with Crippen LogP contribution in [-0.2, 0) is 19.9 Å². The van der Waals surface area contributed by atoms with Crippen LogP contribution in [0.2, 0.25) is 0 Å². The third kappa shape index (κ3) is 2.65. The Morgan fingerprint density at radius 1 is 1.22 bits per heavy atom. The van der Waals surface area contributed by atoms with E-state index in [9.17, 15) is 9.59 Å². The molecule has 0 radical (unpaired) electrons. The van der Waals surface area contributed by atoms with Crippen LogP contribution in [0.5, 0.6) is 5.75 Å². The summed E-state index contributed by atoms with van der Waals surface area (Å²) in [7, 11) is 1.61. The molecule has 27 heavy (non-hydrogen) atoms. The lowest BCUT2D eigenvalue weighted by molar-refractivity contribution is -0.157. The minimum absolute atomic E-state index is 0.163. The van der Waals surface area contributed by atoms with Crippen LogP contribution in [0.1, 0.15) is 36.8 Å². The molecule has 1 amide bonds. The summed E-state index contributed by atoms with van der Waals surface area (Å²) < 4.78 is 11.9. The molecule has 0 bridgehead atoms. The number of rotatable bonds is 4. The van der Waals surface area contributed by atoms with E-state index >= 15 is 0 Å². The average Bonchev–Trinajstić information content (AvgIpc) is 3.13. The second kappa shape index (κ2) is 6.68. The van der Waals surface area contributed by atoms with Crippen LogP contribution >= 0.6 is 15.9 Å². The third-order valence-electron chi connectivity index (χ3n) is 5.31. The highest BCUT2D eigenvalue weighted by atomic mass is 79.9. The summed E-state index contributed by atoms with van der Waals surface area (Å²) in [5.74, 6) is -0.164. The van der Waals surface area contributed by atoms with Gasteiger partial charge in [0, 0.05) is 22.5 Å². The van der Waals surface area contributed by atoms with E-state index in [1.807, 2.05) is 49.4 Å². The molecule has 2 aliphatic heterocycles. The third-order valence-corrected chi connectivity index (χ3v) is 5.81. The number of carbonyl (C=O) groups excluding carboxylic acids is 2. The molecule has 4 rings (SSSR count). The molecule has 0 aliphatic carbocycles. The maximum atomic E-state index is 13.5. The molecule has 0 aromatic heterocycles. The lowest BCUT2D eigenvalue weighted by Crippen LogP contribution is -2.43. The number of amides is 1. The van der Waals surface area contributed by atoms with Crippen LogP contribution in [0.15, 0.2) is 46.9 Å². The summed E-state index contributed by atoms with van der Waals surface area (Å²) in [4.78, 5) is 27.7. The van der Waals surface area contributed by atoms with Crippen molar-refractivity contribution in [2.24, 2.45) is 0 Å². The van der Waals surface area contributed by atoms with Crippen molar-refractivity contribution >= 4 is 33.5 Å². The van der Waals surface area contributed by atoms with Gasteiger partial charge in [0.1, 0.15) is 5.75 Å². The molecule has 0 N–H and O–H groups in total. The van der Waals surface area contributed by atoms with Gasteiger partial charge in [0.15, 0.2) is 0 Å². The molecule has 140 valence electrons. The zero-order valence-corrected chi connectivity index (χ0v) is 16.8. The quantitative estimate of drug-likeness (QED) is 0.685. The van der Waals surface area contributed by atoms with E-state index in [0.29, 0.717) is 6.54 Å². The van der Waals surface area contributed by atoms with Gasteiger partial charge in [-0.15, -0.1) is 0 Å². The zero-order valence-electron chi connectivity index (χ0n) is 15.2. The first-order chi connectivity index (χ1) is 13.0. The molecular formula is C21H20BrNO4. The lowest BCUT2D eigenvalue weighted by atomic mass is 9.78. The van der Waals surface area contributed by atoms with Crippen LogP contribution in [0.4, 0.5) is 5.69 Å². The summed E-state index contributed by atoms with van der Waals surface area (Å²) in [5.41, 5.74) is 1.15. The standard InChI is InChI=1S/C21H20BrNO4/c1-3-10-23-18-9-6-14(22)11-17(18)21(20(23)25)16(12-19(24)27-21)13-4-7-15(26-2)8-5-13/h4-9,11,16H,3,10,12H2,1-2H3/t16-,21-/m0/s1. The van der Waals surface area contributed by atoms with E-state index in [1.54, 1.807) is 12.0 Å². The average molecular weight is 430 g/mol. The number of ether oxygens (including phenoxy) is 2. The molecule has 6 heteroatoms. The normalized spacial score (nSPS) is 23.7. The van der Waals surface area contributed by atoms with E-state index in [4.69, 9.17) is 9.47 Å². The number of fused-ring (bicyclic) bond motifs is 2. The fourth-order valence-electron chi connectivity index (χ4n) is 4.14. The van der Waals surface area contributed by atoms with Gasteiger partial charge in [-0.1, -0.05) is 35.0 Å². The Balaban J connectivity index is 1.89. The summed E-state index contributed by atoms with van der Waals surface area (Å²) in [6, 6.07) is 13.2. The molecule has 2 atom stereocenters. The Morgan fingerprint density at radius 2 is 1.96 bits per heavy atom. The summed E-state index contributed by atoms with van der Waals surface area (Å²) >= 11 is 3.50. The number of benzene rings is 2. The van der Waals surface area contributed by atoms with E-state index in [0.717, 1.165) is 33.5 Å². The highest BCUT2D eigenvalue weighted by Crippen LogP contribution is 2.56. The number of esters is 1. The molecule has 0 unspecified atom stereocenters. The number of anilines is 1. The number of nitrogens with zero attached hydrogens (tertiary/aromatic N) is 1. The van der Waals surface area contributed by atoms with Gasteiger partial charge in [0.25, 0.3) is 5.91 Å². The van der Waals surface area contributed by atoms with Crippen LogP contribution in [0, 0.1) is 0 Å². The fraction of sp³-hybridized carbons (Fsp3) is 0.333. The summed E-state index contributed by atoms with van der Waals surface area (Å²) in [6.45, 7) is 2.61. The lowest BCUT2D eigenvalue weighted by Gasteiger charge is -2.29. The molecule has 0 saturated carbocycles. The topological polar surface area (TPSA) is 55.8 Å². The number of hydrogen-bond donors (Lipinski definition) is 0. The SMILES string of the molecule is CCCN1C(=O)[C@@]2(OC(=O)C[C@H]2c2ccc(OC)cc2)c2cc(Br)ccc21. The van der Waals surface area contributed by atoms with Crippen molar-refractivity contribution in [3.8, 4) is 5.75 Å². The second-order valence-electron chi connectivity index (χ2n) is 6.86. The maximum absolute atomic E-state index is 13.5. The molecule has 2 aromatic carbocycles. The van der Waals surface area contributed by atoms with Crippen LogP contribution in [0.25, 0.3) is 0 Å². The van der Waals surface area contributed by atoms with Gasteiger partial charge in [0.05, 0.1) is 19.2 Å². The van der Waals surface area contributed by atoms with Gasteiger partial charge >= 0.3 is 5.97 Å². The van der Waals surface area contributed by atoms with Crippen molar-refractivity contribution < 1.29 is 19.1 Å². The largest absolute Gasteiger partial charge is 0.497 e. The smallest absolute Gasteiger partial charge is 0.308 e. The van der Waals surface area contributed by atoms with Crippen molar-refractivity contribution in [3.63, 3.8) is 0 Å². The van der Waals surface area contributed by atoms with Gasteiger partial charge in [-0.25, -0.2) is 0 Å². The minimum atomic E-state index is -1.31. The predicted octanol–water partition coefficient (Wildman–Crippen LogP) is 4.14. The first-order valence-electron chi connectivity index (χ1n) is 8.99. The van der Waals surface area contributed by atoms with Gasteiger partial charge in [-0.05, 0) is 42.3 Å². The molecule has 1 spiro atoms. The number of methoxy groups -OCH3 is 1. The number of hydrogen-bond acceptors (Lipinski definition) is 4. The molecule has 5 nitrogen and oxygen atoms in total. The van der Waals surface area contributed by atoms with Crippen LogP contribution in [0.3, 0.4) is 0 Å². The highest BCUT2D eigenvalue weighted by molar-refractivity contribution is 9.10. The molecule has 2 heterocycles. The summed E-state index contributed by atoms with van der Waals surface area (Å²) in [5, 5.41) is 0. The Hall–Kier alpha value is -2.34. The van der Waals surface area contributed by atoms with E-state index in [-0.39, 0.29) is 24.2 Å². The first-order valence-corrected chi connectivity index (χ1v) is 9.78. The van der Waals surface area contributed by atoms with Gasteiger partial charge < -0.3 is 14.4 Å². The van der Waals surface area contributed by atoms with Crippen molar-refractivity contribution in [1.29, 1.82) is 0 Å². The number of carbonyl (C=O) groups is 2. The predicted molar refractivity (Wildman–Crippen MR) is 105 cm³/mol. The van der Waals surface area contributed by atoms with Crippen molar-refractivity contribution in [3.05, 3.63) is 58.1 Å². The van der Waals surface area contributed by atoms with Gasteiger partial charge in [-0.3, -0.25) is 9.59 Å². The van der Waals surface area contributed by atoms with E-state index in [1.165, 1.54) is 0 Å². The molecule has 1 fully saturated rings. The molecule has 1 saturated heterocycles. The van der Waals surface area contributed by atoms with Crippen molar-refractivity contribution in [2.45, 2.75) is 31.3 Å². The van der Waals surface area contributed by atoms with Crippen LogP contribution in [-0.4, -0.2) is 25.5 Å². The Morgan fingerprint density at radius 3 is 2.63 bits per heavy atom. The second-order valence-corrected chi connectivity index (χ2v) is 7.77. The van der Waals surface area contributed by atoms with Gasteiger partial charge in [0.2, 0.25) is 5.60 Å². The zero-order chi connectivity index (χ0) is 19.2. The van der Waals surface area contributed by atoms with Gasteiger partial charge in [-0.2, -0.15) is 0 Å². The van der Waals surface area contributed by atoms with E-state index < -0.39 is 5.60 Å². The molecule has 2 aromatic rings. The Labute approximate surface area is 166 Å².